The lowest BCUT2D eigenvalue weighted by Crippen LogP contribution is -2.24. The van der Waals surface area contributed by atoms with E-state index in [2.05, 4.69) is 31.9 Å². The van der Waals surface area contributed by atoms with Crippen molar-refractivity contribution >= 4 is 48.7 Å². The molecule has 1 aliphatic rings. The zero-order chi connectivity index (χ0) is 9.52. The second kappa shape index (κ2) is 3.50. The van der Waals surface area contributed by atoms with Gasteiger partial charge in [0.25, 0.3) is 0 Å². The SMILES string of the molecule is O=C(Cl)C1CC1C(Br)C(F)(F)Br. The molecular weight excluding hydrogens is 321 g/mol. The third-order valence-electron chi connectivity index (χ3n) is 1.82. The normalized spacial score (nSPS) is 31.4. The minimum Gasteiger partial charge on any atom is -0.281 e. The van der Waals surface area contributed by atoms with Crippen LogP contribution >= 0.6 is 43.5 Å². The Kier molecular flexibility index (Phi) is 3.17. The lowest BCUT2D eigenvalue weighted by molar-refractivity contribution is -0.113. The molecule has 0 aromatic carbocycles. The van der Waals surface area contributed by atoms with Crippen LogP contribution in [-0.2, 0) is 4.79 Å². The molecular formula is C6H5Br2ClF2O. The van der Waals surface area contributed by atoms with Crippen molar-refractivity contribution in [1.82, 2.24) is 0 Å². The van der Waals surface area contributed by atoms with Crippen LogP contribution in [0, 0.1) is 11.8 Å². The Morgan fingerprint density at radius 2 is 2.17 bits per heavy atom. The predicted octanol–water partition coefficient (Wildman–Crippen LogP) is 3.14. The van der Waals surface area contributed by atoms with E-state index in [1.807, 2.05) is 0 Å². The molecule has 0 aromatic heterocycles. The van der Waals surface area contributed by atoms with Crippen LogP contribution in [0.5, 0.6) is 0 Å². The summed E-state index contributed by atoms with van der Waals surface area (Å²) >= 11 is 10.2. The zero-order valence-electron chi connectivity index (χ0n) is 5.74. The van der Waals surface area contributed by atoms with Gasteiger partial charge in [-0.25, -0.2) is 0 Å². The van der Waals surface area contributed by atoms with E-state index in [0.29, 0.717) is 6.42 Å². The molecule has 0 aliphatic heterocycles. The Bertz CT molecular complexity index is 206. The van der Waals surface area contributed by atoms with E-state index in [1.54, 1.807) is 0 Å². The summed E-state index contributed by atoms with van der Waals surface area (Å²) in [6.45, 7) is 0. The highest BCUT2D eigenvalue weighted by Crippen LogP contribution is 2.51. The van der Waals surface area contributed by atoms with Gasteiger partial charge in [0.2, 0.25) is 5.24 Å². The maximum absolute atomic E-state index is 12.6. The second-order valence-corrected chi connectivity index (χ2v) is 5.17. The smallest absolute Gasteiger partial charge is 0.281 e. The predicted molar refractivity (Wildman–Crippen MR) is 49.0 cm³/mol. The zero-order valence-corrected chi connectivity index (χ0v) is 9.67. The van der Waals surface area contributed by atoms with E-state index in [0.717, 1.165) is 0 Å². The Morgan fingerprint density at radius 3 is 2.42 bits per heavy atom. The molecule has 1 saturated carbocycles. The van der Waals surface area contributed by atoms with E-state index in [-0.39, 0.29) is 5.92 Å². The van der Waals surface area contributed by atoms with Gasteiger partial charge < -0.3 is 0 Å². The van der Waals surface area contributed by atoms with Crippen molar-refractivity contribution in [2.45, 2.75) is 16.1 Å². The molecule has 6 heteroatoms. The van der Waals surface area contributed by atoms with E-state index < -0.39 is 20.8 Å². The first-order valence-corrected chi connectivity index (χ1v) is 5.33. The first-order valence-electron chi connectivity index (χ1n) is 3.24. The van der Waals surface area contributed by atoms with Crippen molar-refractivity contribution in [2.24, 2.45) is 11.8 Å². The molecule has 0 saturated heterocycles. The molecule has 1 rings (SSSR count). The molecule has 1 fully saturated rings. The summed E-state index contributed by atoms with van der Waals surface area (Å²) in [5.41, 5.74) is 0. The number of hydrogen-bond acceptors (Lipinski definition) is 1. The number of carbonyl (C=O) groups excluding carboxylic acids is 1. The number of halogens is 5. The van der Waals surface area contributed by atoms with Crippen LogP contribution in [0.2, 0.25) is 0 Å². The summed E-state index contributed by atoms with van der Waals surface area (Å²) in [6.07, 6.45) is 0.444. The van der Waals surface area contributed by atoms with Crippen molar-refractivity contribution in [2.75, 3.05) is 0 Å². The largest absolute Gasteiger partial charge is 0.313 e. The second-order valence-electron chi connectivity index (χ2n) is 2.75. The van der Waals surface area contributed by atoms with Crippen LogP contribution in [0.3, 0.4) is 0 Å². The van der Waals surface area contributed by atoms with Gasteiger partial charge in [-0.2, -0.15) is 8.78 Å². The average Bonchev–Trinajstić information content (AvgIpc) is 2.61. The van der Waals surface area contributed by atoms with E-state index in [4.69, 9.17) is 11.6 Å². The Hall–Kier alpha value is 0.780. The third kappa shape index (κ3) is 2.39. The first-order chi connectivity index (χ1) is 5.34. The lowest BCUT2D eigenvalue weighted by Gasteiger charge is -2.14. The van der Waals surface area contributed by atoms with Gasteiger partial charge in [-0.3, -0.25) is 4.79 Å². The molecule has 12 heavy (non-hydrogen) atoms. The number of alkyl halides is 4. The van der Waals surface area contributed by atoms with Gasteiger partial charge in [0.15, 0.2) is 0 Å². The maximum Gasteiger partial charge on any atom is 0.313 e. The quantitative estimate of drug-likeness (QED) is 0.575. The number of rotatable bonds is 3. The van der Waals surface area contributed by atoms with Crippen LogP contribution in [0.1, 0.15) is 6.42 Å². The van der Waals surface area contributed by atoms with E-state index in [1.165, 1.54) is 0 Å². The summed E-state index contributed by atoms with van der Waals surface area (Å²) in [5, 5.41) is -0.527. The van der Waals surface area contributed by atoms with Crippen LogP contribution in [-0.4, -0.2) is 14.9 Å². The van der Waals surface area contributed by atoms with Gasteiger partial charge in [-0.15, -0.1) is 0 Å². The molecule has 1 aliphatic carbocycles. The fourth-order valence-electron chi connectivity index (χ4n) is 1.04. The molecule has 0 bridgehead atoms. The summed E-state index contributed by atoms with van der Waals surface area (Å²) in [4.78, 5) is 6.54. The average molecular weight is 326 g/mol. The number of hydrogen-bond donors (Lipinski definition) is 0. The summed E-state index contributed by atoms with van der Waals surface area (Å²) in [7, 11) is 0. The highest BCUT2D eigenvalue weighted by atomic mass is 79.9. The summed E-state index contributed by atoms with van der Waals surface area (Å²) in [6, 6.07) is 0. The molecule has 0 spiro atoms. The number of carbonyl (C=O) groups is 1. The van der Waals surface area contributed by atoms with Crippen molar-refractivity contribution in [1.29, 1.82) is 0 Å². The monoisotopic (exact) mass is 324 g/mol. The fraction of sp³-hybridized carbons (Fsp3) is 0.833. The minimum atomic E-state index is -2.97. The summed E-state index contributed by atoms with van der Waals surface area (Å²) < 4.78 is 25.1. The van der Waals surface area contributed by atoms with Gasteiger partial charge in [0, 0.05) is 5.92 Å². The van der Waals surface area contributed by atoms with Crippen LogP contribution in [0.25, 0.3) is 0 Å². The molecule has 3 unspecified atom stereocenters. The highest BCUT2D eigenvalue weighted by molar-refractivity contribution is 9.12. The summed E-state index contributed by atoms with van der Waals surface area (Å²) in [5.74, 6) is -0.746. The van der Waals surface area contributed by atoms with Crippen LogP contribution < -0.4 is 0 Å². The van der Waals surface area contributed by atoms with Gasteiger partial charge >= 0.3 is 4.83 Å². The Balaban J connectivity index is 2.49. The van der Waals surface area contributed by atoms with Crippen molar-refractivity contribution < 1.29 is 13.6 Å². The van der Waals surface area contributed by atoms with Crippen molar-refractivity contribution in [3.05, 3.63) is 0 Å². The molecule has 0 heterocycles. The molecule has 1 nitrogen and oxygen atoms in total. The van der Waals surface area contributed by atoms with E-state index >= 15 is 0 Å². The lowest BCUT2D eigenvalue weighted by atomic mass is 10.2. The molecule has 0 aromatic rings. The molecule has 0 N–H and O–H groups in total. The molecule has 70 valence electrons. The highest BCUT2D eigenvalue weighted by Gasteiger charge is 2.53. The van der Waals surface area contributed by atoms with E-state index in [9.17, 15) is 13.6 Å². The standard InChI is InChI=1S/C6H5Br2ClF2O/c7-4(6(8,10)11)2-1-3(2)5(9)12/h2-4H,1H2. The first kappa shape index (κ1) is 10.9. The van der Waals surface area contributed by atoms with Crippen LogP contribution in [0.4, 0.5) is 8.78 Å². The fourth-order valence-corrected chi connectivity index (χ4v) is 2.22. The molecule has 3 atom stereocenters. The topological polar surface area (TPSA) is 17.1 Å². The molecule has 0 amide bonds. The van der Waals surface area contributed by atoms with Crippen molar-refractivity contribution in [3.8, 4) is 0 Å². The van der Waals surface area contributed by atoms with Crippen molar-refractivity contribution in [3.63, 3.8) is 0 Å². The maximum atomic E-state index is 12.6. The van der Waals surface area contributed by atoms with Gasteiger partial charge in [0.1, 0.15) is 0 Å². The Labute approximate surface area is 90.1 Å². The third-order valence-corrected chi connectivity index (χ3v) is 4.46. The van der Waals surface area contributed by atoms with Gasteiger partial charge in [-0.1, -0.05) is 15.9 Å². The Morgan fingerprint density at radius 1 is 1.67 bits per heavy atom. The minimum absolute atomic E-state index is 0.343. The van der Waals surface area contributed by atoms with Gasteiger partial charge in [-0.05, 0) is 39.9 Å². The molecule has 0 radical (unpaired) electrons. The van der Waals surface area contributed by atoms with Gasteiger partial charge in [0.05, 0.1) is 4.83 Å². The van der Waals surface area contributed by atoms with Crippen LogP contribution in [0.15, 0.2) is 0 Å².